The van der Waals surface area contributed by atoms with E-state index in [9.17, 15) is 14.9 Å². The van der Waals surface area contributed by atoms with E-state index in [-0.39, 0.29) is 11.3 Å². The summed E-state index contributed by atoms with van der Waals surface area (Å²) in [6.45, 7) is 1.62. The standard InChI is InChI=1S/C13H10BrN3O3S/c1-8-2-3-9(6-11(8)17(19)20)13(18)16-15-7-10-4-5-12(14)21-10/h2-7H,1H3,(H,16,18)/b15-7+. The molecule has 21 heavy (non-hydrogen) atoms. The largest absolute Gasteiger partial charge is 0.273 e. The van der Waals surface area contributed by atoms with E-state index in [4.69, 9.17) is 0 Å². The average Bonchev–Trinajstić information content (AvgIpc) is 2.84. The van der Waals surface area contributed by atoms with Crippen LogP contribution in [0.5, 0.6) is 0 Å². The minimum atomic E-state index is -0.515. The fraction of sp³-hybridized carbons (Fsp3) is 0.0769. The predicted octanol–water partition coefficient (Wildman–Crippen LogP) is 3.49. The molecule has 8 heteroatoms. The minimum Gasteiger partial charge on any atom is -0.267 e. The van der Waals surface area contributed by atoms with Gasteiger partial charge in [0, 0.05) is 22.1 Å². The van der Waals surface area contributed by atoms with Gasteiger partial charge in [0.05, 0.1) is 14.9 Å². The van der Waals surface area contributed by atoms with Gasteiger partial charge in [0.15, 0.2) is 0 Å². The van der Waals surface area contributed by atoms with Crippen LogP contribution in [0, 0.1) is 17.0 Å². The van der Waals surface area contributed by atoms with Crippen LogP contribution < -0.4 is 5.43 Å². The Morgan fingerprint density at radius 3 is 2.81 bits per heavy atom. The van der Waals surface area contributed by atoms with E-state index in [2.05, 4.69) is 26.5 Å². The first-order valence-corrected chi connectivity index (χ1v) is 7.42. The van der Waals surface area contributed by atoms with Gasteiger partial charge < -0.3 is 0 Å². The maximum absolute atomic E-state index is 11.9. The molecule has 0 bridgehead atoms. The lowest BCUT2D eigenvalue weighted by atomic mass is 10.1. The number of halogens is 1. The van der Waals surface area contributed by atoms with Crippen molar-refractivity contribution in [3.63, 3.8) is 0 Å². The molecule has 0 radical (unpaired) electrons. The average molecular weight is 368 g/mol. The molecule has 2 rings (SSSR count). The van der Waals surface area contributed by atoms with Crippen molar-refractivity contribution in [1.29, 1.82) is 0 Å². The number of aryl methyl sites for hydroxylation is 1. The summed E-state index contributed by atoms with van der Waals surface area (Å²) < 4.78 is 0.962. The molecule has 0 spiro atoms. The molecular weight excluding hydrogens is 358 g/mol. The molecule has 1 aromatic carbocycles. The van der Waals surface area contributed by atoms with Crippen LogP contribution in [0.1, 0.15) is 20.8 Å². The van der Waals surface area contributed by atoms with E-state index in [1.807, 2.05) is 12.1 Å². The Kier molecular flexibility index (Phi) is 4.81. The number of amides is 1. The molecule has 0 saturated carbocycles. The molecule has 1 amide bonds. The minimum absolute atomic E-state index is 0.0891. The first-order chi connectivity index (χ1) is 9.97. The first-order valence-electron chi connectivity index (χ1n) is 5.81. The lowest BCUT2D eigenvalue weighted by molar-refractivity contribution is -0.385. The number of nitro groups is 1. The second kappa shape index (κ2) is 6.59. The lowest BCUT2D eigenvalue weighted by Crippen LogP contribution is -2.17. The molecule has 0 unspecified atom stereocenters. The van der Waals surface area contributed by atoms with Crippen LogP contribution in [0.2, 0.25) is 0 Å². The molecule has 2 aromatic rings. The summed E-state index contributed by atoms with van der Waals surface area (Å²) >= 11 is 4.79. The van der Waals surface area contributed by atoms with Crippen LogP contribution in [-0.4, -0.2) is 17.0 Å². The quantitative estimate of drug-likeness (QED) is 0.509. The zero-order valence-corrected chi connectivity index (χ0v) is 13.3. The van der Waals surface area contributed by atoms with Crippen molar-refractivity contribution < 1.29 is 9.72 Å². The summed E-state index contributed by atoms with van der Waals surface area (Å²) in [5.41, 5.74) is 2.95. The molecule has 0 atom stereocenters. The zero-order chi connectivity index (χ0) is 15.4. The smallest absolute Gasteiger partial charge is 0.267 e. The maximum Gasteiger partial charge on any atom is 0.273 e. The maximum atomic E-state index is 11.9. The number of nitrogens with zero attached hydrogens (tertiary/aromatic N) is 2. The Balaban J connectivity index is 2.08. The van der Waals surface area contributed by atoms with E-state index in [0.717, 1.165) is 8.66 Å². The monoisotopic (exact) mass is 367 g/mol. The van der Waals surface area contributed by atoms with E-state index >= 15 is 0 Å². The van der Waals surface area contributed by atoms with Crippen LogP contribution in [0.4, 0.5) is 5.69 Å². The lowest BCUT2D eigenvalue weighted by Gasteiger charge is -2.01. The highest BCUT2D eigenvalue weighted by atomic mass is 79.9. The summed E-state index contributed by atoms with van der Waals surface area (Å²) in [5.74, 6) is -0.495. The zero-order valence-electron chi connectivity index (χ0n) is 10.9. The molecule has 108 valence electrons. The number of nitro benzene ring substituents is 1. The molecule has 0 fully saturated rings. The van der Waals surface area contributed by atoms with Gasteiger partial charge in [-0.25, -0.2) is 5.43 Å². The SMILES string of the molecule is Cc1ccc(C(=O)N/N=C/c2ccc(Br)s2)cc1[N+](=O)[O-]. The topological polar surface area (TPSA) is 84.6 Å². The molecule has 1 N–H and O–H groups in total. The fourth-order valence-electron chi connectivity index (χ4n) is 1.56. The number of hydrogen-bond acceptors (Lipinski definition) is 5. The summed E-state index contributed by atoms with van der Waals surface area (Å²) in [5, 5.41) is 14.7. The van der Waals surface area contributed by atoms with Crippen molar-refractivity contribution >= 4 is 45.1 Å². The fourth-order valence-corrected chi connectivity index (χ4v) is 2.86. The van der Waals surface area contributed by atoms with E-state index in [0.29, 0.717) is 5.56 Å². The summed E-state index contributed by atoms with van der Waals surface area (Å²) in [6.07, 6.45) is 1.51. The third kappa shape index (κ3) is 3.96. The van der Waals surface area contributed by atoms with Gasteiger partial charge in [-0.15, -0.1) is 11.3 Å². The van der Waals surface area contributed by atoms with Gasteiger partial charge in [-0.3, -0.25) is 14.9 Å². The molecule has 0 aliphatic heterocycles. The highest BCUT2D eigenvalue weighted by Crippen LogP contribution is 2.20. The number of carbonyl (C=O) groups excluding carboxylic acids is 1. The third-order valence-corrected chi connectivity index (χ3v) is 4.18. The van der Waals surface area contributed by atoms with E-state index < -0.39 is 10.8 Å². The van der Waals surface area contributed by atoms with Crippen molar-refractivity contribution in [2.24, 2.45) is 5.10 Å². The van der Waals surface area contributed by atoms with Gasteiger partial charge in [-0.2, -0.15) is 5.10 Å². The van der Waals surface area contributed by atoms with Crippen LogP contribution >= 0.6 is 27.3 Å². The Labute approximate surface area is 132 Å². The summed E-state index contributed by atoms with van der Waals surface area (Å²) in [7, 11) is 0. The number of thiophene rings is 1. The van der Waals surface area contributed by atoms with Crippen molar-refractivity contribution in [3.05, 3.63) is 60.2 Å². The number of nitrogens with one attached hydrogen (secondary N) is 1. The predicted molar refractivity (Wildman–Crippen MR) is 84.9 cm³/mol. The summed E-state index contributed by atoms with van der Waals surface area (Å²) in [4.78, 5) is 23.1. The van der Waals surface area contributed by atoms with Crippen molar-refractivity contribution in [3.8, 4) is 0 Å². The van der Waals surface area contributed by atoms with Crippen molar-refractivity contribution in [2.45, 2.75) is 6.92 Å². The van der Waals surface area contributed by atoms with Crippen molar-refractivity contribution in [2.75, 3.05) is 0 Å². The van der Waals surface area contributed by atoms with Gasteiger partial charge in [-0.05, 0) is 41.1 Å². The van der Waals surface area contributed by atoms with Crippen LogP contribution in [0.3, 0.4) is 0 Å². The highest BCUT2D eigenvalue weighted by molar-refractivity contribution is 9.11. The van der Waals surface area contributed by atoms with Crippen molar-refractivity contribution in [1.82, 2.24) is 5.43 Å². The Hall–Kier alpha value is -2.06. The van der Waals surface area contributed by atoms with E-state index in [1.165, 1.54) is 35.8 Å². The molecular formula is C13H10BrN3O3S. The molecule has 1 aromatic heterocycles. The molecule has 0 aliphatic carbocycles. The molecule has 1 heterocycles. The van der Waals surface area contributed by atoms with Gasteiger partial charge in [-0.1, -0.05) is 6.07 Å². The Morgan fingerprint density at radius 1 is 1.43 bits per heavy atom. The molecule has 0 aliphatic rings. The number of hydrogen-bond donors (Lipinski definition) is 1. The second-order valence-corrected chi connectivity index (χ2v) is 6.59. The Bertz CT molecular complexity index is 727. The summed E-state index contributed by atoms with van der Waals surface area (Å²) in [6, 6.07) is 8.02. The van der Waals surface area contributed by atoms with Gasteiger partial charge >= 0.3 is 0 Å². The molecule has 6 nitrogen and oxygen atoms in total. The number of carbonyl (C=O) groups is 1. The van der Waals surface area contributed by atoms with Gasteiger partial charge in [0.2, 0.25) is 0 Å². The van der Waals surface area contributed by atoms with Gasteiger partial charge in [0.1, 0.15) is 0 Å². The second-order valence-electron chi connectivity index (χ2n) is 4.10. The number of benzene rings is 1. The number of rotatable bonds is 4. The van der Waals surface area contributed by atoms with Gasteiger partial charge in [0.25, 0.3) is 11.6 Å². The Morgan fingerprint density at radius 2 is 2.19 bits per heavy atom. The van der Waals surface area contributed by atoms with Crippen LogP contribution in [0.15, 0.2) is 39.2 Å². The van der Waals surface area contributed by atoms with Crippen LogP contribution in [0.25, 0.3) is 0 Å². The van der Waals surface area contributed by atoms with E-state index in [1.54, 1.807) is 6.92 Å². The van der Waals surface area contributed by atoms with Crippen LogP contribution in [-0.2, 0) is 0 Å². The third-order valence-electron chi connectivity index (χ3n) is 2.62. The molecule has 0 saturated heterocycles. The normalized spacial score (nSPS) is 10.8. The highest BCUT2D eigenvalue weighted by Gasteiger charge is 2.14. The first kappa shape index (κ1) is 15.3. The number of hydrazone groups is 1.